The molecule has 0 radical (unpaired) electrons. The van der Waals surface area contributed by atoms with Crippen molar-refractivity contribution in [2.24, 2.45) is 0 Å². The second kappa shape index (κ2) is 13.1. The van der Waals surface area contributed by atoms with Gasteiger partial charge in [0.1, 0.15) is 41.9 Å². The number of halogens is 2. The van der Waals surface area contributed by atoms with Crippen LogP contribution < -0.4 is 9.04 Å². The van der Waals surface area contributed by atoms with E-state index in [1.165, 1.54) is 19.1 Å². The van der Waals surface area contributed by atoms with E-state index in [1.807, 2.05) is 66.7 Å². The lowest BCUT2D eigenvalue weighted by atomic mass is 10.1. The Morgan fingerprint density at radius 2 is 1.93 bits per heavy atom. The number of benzene rings is 2. The second-order valence-corrected chi connectivity index (χ2v) is 11.3. The molecule has 212 valence electrons. The smallest absolute Gasteiger partial charge is 0.129 e. The molecular formula is C32H36F2N2O3S. The van der Waals surface area contributed by atoms with Gasteiger partial charge in [0.25, 0.3) is 0 Å². The van der Waals surface area contributed by atoms with E-state index in [4.69, 9.17) is 9.47 Å². The topological polar surface area (TPSA) is 43.7 Å². The fraction of sp³-hybridized carbons (Fsp3) is 0.312. The van der Waals surface area contributed by atoms with Gasteiger partial charge in [-0.15, -0.1) is 0 Å². The van der Waals surface area contributed by atoms with Gasteiger partial charge < -0.3 is 14.0 Å². The third-order valence-electron chi connectivity index (χ3n) is 6.87. The van der Waals surface area contributed by atoms with Crippen molar-refractivity contribution in [3.63, 3.8) is 0 Å². The lowest BCUT2D eigenvalue weighted by molar-refractivity contribution is 0.311. The van der Waals surface area contributed by atoms with Gasteiger partial charge in [0.15, 0.2) is 0 Å². The first kappa shape index (κ1) is 29.3. The van der Waals surface area contributed by atoms with Crippen LogP contribution >= 0.6 is 0 Å². The first-order valence-electron chi connectivity index (χ1n) is 13.3. The summed E-state index contributed by atoms with van der Waals surface area (Å²) in [5.74, 6) is 1.75. The van der Waals surface area contributed by atoms with Crippen LogP contribution in [0.3, 0.4) is 0 Å². The average Bonchev–Trinajstić information content (AvgIpc) is 3.55. The van der Waals surface area contributed by atoms with Crippen LogP contribution in [0.5, 0.6) is 5.75 Å². The Kier molecular flexibility index (Phi) is 9.63. The van der Waals surface area contributed by atoms with Crippen molar-refractivity contribution in [1.82, 2.24) is 4.57 Å². The summed E-state index contributed by atoms with van der Waals surface area (Å²) in [5.41, 5.74) is 6.70. The van der Waals surface area contributed by atoms with Crippen molar-refractivity contribution < 1.29 is 22.5 Å². The molecule has 1 aromatic heterocycles. The first-order valence-corrected chi connectivity index (χ1v) is 14.5. The molecule has 4 rings (SSSR count). The molecule has 0 N–H and O–H groups in total. The third kappa shape index (κ3) is 6.55. The number of aryl methyl sites for hydroxylation is 2. The molecule has 1 aliphatic heterocycles. The number of hydrogen-bond donors (Lipinski definition) is 0. The molecule has 8 heteroatoms. The monoisotopic (exact) mass is 566 g/mol. The van der Waals surface area contributed by atoms with Crippen molar-refractivity contribution in [3.05, 3.63) is 95.7 Å². The molecule has 0 aliphatic carbocycles. The number of ether oxygens (including phenoxy) is 2. The van der Waals surface area contributed by atoms with Crippen molar-refractivity contribution in [1.29, 1.82) is 0 Å². The third-order valence-corrected chi connectivity index (χ3v) is 8.39. The van der Waals surface area contributed by atoms with Gasteiger partial charge in [-0.25, -0.2) is 13.0 Å². The Labute approximate surface area is 238 Å². The highest BCUT2D eigenvalue weighted by Crippen LogP contribution is 2.37. The predicted molar refractivity (Wildman–Crippen MR) is 161 cm³/mol. The van der Waals surface area contributed by atoms with E-state index in [1.54, 1.807) is 13.2 Å². The predicted octanol–water partition coefficient (Wildman–Crippen LogP) is 7.44. The summed E-state index contributed by atoms with van der Waals surface area (Å²) in [6.07, 6.45) is 4.02. The van der Waals surface area contributed by atoms with Gasteiger partial charge in [-0.2, -0.15) is 0 Å². The molecule has 5 nitrogen and oxygen atoms in total. The van der Waals surface area contributed by atoms with E-state index in [2.05, 4.69) is 11.1 Å². The van der Waals surface area contributed by atoms with Crippen molar-refractivity contribution in [2.45, 2.75) is 33.4 Å². The van der Waals surface area contributed by atoms with Crippen LogP contribution in [0, 0.1) is 13.8 Å². The maximum Gasteiger partial charge on any atom is 0.129 e. The fourth-order valence-corrected chi connectivity index (χ4v) is 5.97. The summed E-state index contributed by atoms with van der Waals surface area (Å²) in [5, 5.41) is 0. The van der Waals surface area contributed by atoms with Crippen LogP contribution in [0.25, 0.3) is 22.7 Å². The molecule has 1 saturated heterocycles. The summed E-state index contributed by atoms with van der Waals surface area (Å²) < 4.78 is 55.2. The number of allylic oxidation sites excluding steroid dienone is 3. The Morgan fingerprint density at radius 1 is 1.15 bits per heavy atom. The van der Waals surface area contributed by atoms with E-state index < -0.39 is 23.8 Å². The summed E-state index contributed by atoms with van der Waals surface area (Å²) in [4.78, 5) is 0. The molecular weight excluding hydrogens is 530 g/mol. The van der Waals surface area contributed by atoms with Gasteiger partial charge >= 0.3 is 0 Å². The molecule has 1 fully saturated rings. The van der Waals surface area contributed by atoms with E-state index in [-0.39, 0.29) is 6.61 Å². The lowest BCUT2D eigenvalue weighted by Gasteiger charge is -2.22. The van der Waals surface area contributed by atoms with Gasteiger partial charge in [-0.05, 0) is 69.7 Å². The van der Waals surface area contributed by atoms with E-state index in [0.717, 1.165) is 45.9 Å². The molecule has 0 amide bonds. The van der Waals surface area contributed by atoms with Gasteiger partial charge in [-0.3, -0.25) is 4.31 Å². The molecule has 2 aromatic carbocycles. The Bertz CT molecular complexity index is 1460. The summed E-state index contributed by atoms with van der Waals surface area (Å²) in [7, 11) is 0.497. The number of hydrogen-bond acceptors (Lipinski definition) is 3. The summed E-state index contributed by atoms with van der Waals surface area (Å²) >= 11 is 0. The van der Waals surface area contributed by atoms with Crippen molar-refractivity contribution in [2.75, 3.05) is 37.0 Å². The molecule has 2 unspecified atom stereocenters. The number of aromatic nitrogens is 1. The number of rotatable bonds is 11. The maximum absolute atomic E-state index is 14.3. The minimum atomic E-state index is -1.24. The molecule has 0 bridgehead atoms. The molecule has 3 aromatic rings. The summed E-state index contributed by atoms with van der Waals surface area (Å²) in [6, 6.07) is 15.9. The summed E-state index contributed by atoms with van der Waals surface area (Å²) in [6.45, 7) is 9.65. The number of methoxy groups -OCH3 is 1. The Morgan fingerprint density at radius 3 is 2.60 bits per heavy atom. The fourth-order valence-electron chi connectivity index (χ4n) is 4.70. The highest BCUT2D eigenvalue weighted by Gasteiger charge is 2.23. The number of nitrogens with zero attached hydrogens (tertiary/aromatic N) is 2. The molecule has 2 atom stereocenters. The number of alkyl halides is 2. The highest BCUT2D eigenvalue weighted by atomic mass is 32.2. The van der Waals surface area contributed by atoms with Crippen LogP contribution in [0.2, 0.25) is 0 Å². The maximum atomic E-state index is 14.3. The van der Waals surface area contributed by atoms with Gasteiger partial charge in [0, 0.05) is 40.4 Å². The van der Waals surface area contributed by atoms with Crippen LogP contribution in [0.4, 0.5) is 14.5 Å². The molecule has 40 heavy (non-hydrogen) atoms. The zero-order valence-corrected chi connectivity index (χ0v) is 24.3. The Balaban J connectivity index is 1.80. The highest BCUT2D eigenvalue weighted by molar-refractivity contribution is 7.86. The Hall–Kier alpha value is -3.65. The normalized spacial score (nSPS) is 16.5. The first-order chi connectivity index (χ1) is 19.2. The van der Waals surface area contributed by atoms with Gasteiger partial charge in [0.2, 0.25) is 0 Å². The average molecular weight is 567 g/mol. The second-order valence-electron chi connectivity index (χ2n) is 9.77. The lowest BCUT2D eigenvalue weighted by Crippen LogP contribution is -2.20. The SMILES string of the molecule is C=C(OC)c1cc(N2CCCS2=O)cc(-n2c(C)ccc2-c2cc(C)ccc2OC/C(=C/C=C\CF)C(C)F)c1. The van der Waals surface area contributed by atoms with E-state index in [9.17, 15) is 13.0 Å². The van der Waals surface area contributed by atoms with E-state index >= 15 is 0 Å². The standard InChI is InChI=1S/C32H36F2N2O3S/c1-22-10-13-32(39-21-26(24(3)34)9-6-7-14-33)30(17-22)31-12-11-23(2)36(31)29-19-27(25(4)38-5)18-28(20-29)35-15-8-16-40(35)37/h6-7,9-13,17-20,24H,4,8,14-16,21H2,1-3,5H3/b7-6-,26-9-. The van der Waals surface area contributed by atoms with Crippen LogP contribution in [0.15, 0.2) is 78.9 Å². The molecule has 0 spiro atoms. The minimum Gasteiger partial charge on any atom is -0.497 e. The zero-order valence-electron chi connectivity index (χ0n) is 23.5. The van der Waals surface area contributed by atoms with Crippen molar-refractivity contribution >= 4 is 22.4 Å². The minimum absolute atomic E-state index is 0.0259. The van der Waals surface area contributed by atoms with Crippen LogP contribution in [-0.2, 0) is 15.7 Å². The number of anilines is 1. The van der Waals surface area contributed by atoms with Crippen LogP contribution in [0.1, 0.15) is 30.2 Å². The molecule has 0 saturated carbocycles. The molecule has 1 aliphatic rings. The van der Waals surface area contributed by atoms with Gasteiger partial charge in [-0.1, -0.05) is 36.4 Å². The largest absolute Gasteiger partial charge is 0.497 e. The van der Waals surface area contributed by atoms with Crippen molar-refractivity contribution in [3.8, 4) is 22.7 Å². The van der Waals surface area contributed by atoms with Crippen LogP contribution in [-0.4, -0.2) is 47.6 Å². The quantitative estimate of drug-likeness (QED) is 0.179. The van der Waals surface area contributed by atoms with E-state index in [0.29, 0.717) is 29.4 Å². The molecule has 2 heterocycles. The van der Waals surface area contributed by atoms with Gasteiger partial charge in [0.05, 0.1) is 18.5 Å². The zero-order chi connectivity index (χ0) is 28.8.